The van der Waals surface area contributed by atoms with Crippen molar-refractivity contribution in [2.24, 2.45) is 5.73 Å². The number of hydrogen-bond donors (Lipinski definition) is 1. The van der Waals surface area contributed by atoms with Gasteiger partial charge in [-0.25, -0.2) is 4.79 Å². The molecule has 140 valence electrons. The van der Waals surface area contributed by atoms with E-state index >= 15 is 0 Å². The van der Waals surface area contributed by atoms with Crippen LogP contribution >= 0.6 is 0 Å². The van der Waals surface area contributed by atoms with Gasteiger partial charge in [-0.1, -0.05) is 12.1 Å². The molecule has 1 aliphatic rings. The summed E-state index contributed by atoms with van der Waals surface area (Å²) in [6.07, 6.45) is 2.90. The Morgan fingerprint density at radius 3 is 2.81 bits per heavy atom. The molecular formula is C20H21N3O4. The van der Waals surface area contributed by atoms with Gasteiger partial charge in [0.15, 0.2) is 0 Å². The van der Waals surface area contributed by atoms with Crippen molar-refractivity contribution in [2.45, 2.75) is 25.8 Å². The lowest BCUT2D eigenvalue weighted by Crippen LogP contribution is -2.43. The van der Waals surface area contributed by atoms with Gasteiger partial charge >= 0.3 is 5.97 Å². The largest absolute Gasteiger partial charge is 0.462 e. The molecule has 1 aromatic carbocycles. The number of amides is 2. The summed E-state index contributed by atoms with van der Waals surface area (Å²) >= 11 is 0. The number of nitrogens with zero attached hydrogens (tertiary/aromatic N) is 2. The molecule has 0 spiro atoms. The number of hydrogen-bond acceptors (Lipinski definition) is 5. The van der Waals surface area contributed by atoms with Gasteiger partial charge < -0.3 is 15.4 Å². The Bertz CT molecular complexity index is 881. The number of nitrogens with two attached hydrogens (primary N) is 1. The summed E-state index contributed by atoms with van der Waals surface area (Å²) in [5, 5.41) is 0. The van der Waals surface area contributed by atoms with E-state index in [2.05, 4.69) is 4.98 Å². The standard InChI is InChI=1S/C20H21N3O4/c1-2-27-20(26)15-8-4-10-22-17(15)13-6-3-7-14(12-13)19(25)23-11-5-9-16(23)18(21)24/h3-4,6-8,10,12,16H,2,5,9,11H2,1H3,(H2,21,24)/t16-/m0/s1. The molecule has 0 radical (unpaired) electrons. The third-order valence-corrected chi connectivity index (χ3v) is 4.53. The average Bonchev–Trinajstić information content (AvgIpc) is 3.18. The van der Waals surface area contributed by atoms with E-state index in [-0.39, 0.29) is 12.5 Å². The van der Waals surface area contributed by atoms with Crippen LogP contribution in [-0.2, 0) is 9.53 Å². The molecule has 3 rings (SSSR count). The second-order valence-corrected chi connectivity index (χ2v) is 6.26. The van der Waals surface area contributed by atoms with Gasteiger partial charge in [0.2, 0.25) is 5.91 Å². The number of primary amides is 1. The summed E-state index contributed by atoms with van der Waals surface area (Å²) in [5.41, 5.74) is 7.23. The van der Waals surface area contributed by atoms with Gasteiger partial charge in [-0.3, -0.25) is 14.6 Å². The fourth-order valence-electron chi connectivity index (χ4n) is 3.28. The Hall–Kier alpha value is -3.22. The van der Waals surface area contributed by atoms with Crippen molar-refractivity contribution in [3.63, 3.8) is 0 Å². The monoisotopic (exact) mass is 367 g/mol. The number of likely N-dealkylation sites (tertiary alicyclic amines) is 1. The first-order chi connectivity index (χ1) is 13.0. The Morgan fingerprint density at radius 2 is 2.07 bits per heavy atom. The highest BCUT2D eigenvalue weighted by Crippen LogP contribution is 2.25. The minimum absolute atomic E-state index is 0.258. The zero-order valence-electron chi connectivity index (χ0n) is 15.1. The molecule has 7 heteroatoms. The van der Waals surface area contributed by atoms with Crippen molar-refractivity contribution in [1.82, 2.24) is 9.88 Å². The summed E-state index contributed by atoms with van der Waals surface area (Å²) in [4.78, 5) is 42.5. The van der Waals surface area contributed by atoms with E-state index in [9.17, 15) is 14.4 Å². The van der Waals surface area contributed by atoms with Crippen molar-refractivity contribution >= 4 is 17.8 Å². The van der Waals surface area contributed by atoms with E-state index in [1.807, 2.05) is 0 Å². The predicted molar refractivity (Wildman–Crippen MR) is 98.9 cm³/mol. The number of aromatic nitrogens is 1. The highest BCUT2D eigenvalue weighted by molar-refractivity contribution is 6.00. The molecule has 2 N–H and O–H groups in total. The second kappa shape index (κ2) is 7.99. The second-order valence-electron chi connectivity index (χ2n) is 6.26. The first-order valence-corrected chi connectivity index (χ1v) is 8.85. The van der Waals surface area contributed by atoms with Crippen molar-refractivity contribution in [3.8, 4) is 11.3 Å². The molecule has 0 bridgehead atoms. The minimum atomic E-state index is -0.578. The quantitative estimate of drug-likeness (QED) is 0.815. The Morgan fingerprint density at radius 1 is 1.26 bits per heavy atom. The third-order valence-electron chi connectivity index (χ3n) is 4.53. The van der Waals surface area contributed by atoms with Gasteiger partial charge in [0.25, 0.3) is 5.91 Å². The zero-order chi connectivity index (χ0) is 19.4. The molecule has 1 atom stereocenters. The molecule has 2 heterocycles. The Kier molecular flexibility index (Phi) is 5.49. The van der Waals surface area contributed by atoms with Crippen LogP contribution in [0.3, 0.4) is 0 Å². The van der Waals surface area contributed by atoms with Crippen LogP contribution in [0, 0.1) is 0 Å². The van der Waals surface area contributed by atoms with E-state index in [0.717, 1.165) is 6.42 Å². The maximum atomic E-state index is 12.9. The summed E-state index contributed by atoms with van der Waals surface area (Å²) in [5.74, 6) is -1.22. The Balaban J connectivity index is 1.94. The molecule has 2 aromatic rings. The number of esters is 1. The third kappa shape index (κ3) is 3.81. The summed E-state index contributed by atoms with van der Waals surface area (Å²) in [7, 11) is 0. The van der Waals surface area contributed by atoms with Crippen LogP contribution in [0.4, 0.5) is 0 Å². The van der Waals surface area contributed by atoms with Crippen molar-refractivity contribution < 1.29 is 19.1 Å². The van der Waals surface area contributed by atoms with Crippen LogP contribution in [0.1, 0.15) is 40.5 Å². The zero-order valence-corrected chi connectivity index (χ0v) is 15.1. The van der Waals surface area contributed by atoms with Gasteiger partial charge in [-0.15, -0.1) is 0 Å². The van der Waals surface area contributed by atoms with Crippen molar-refractivity contribution in [3.05, 3.63) is 53.7 Å². The van der Waals surface area contributed by atoms with Gasteiger partial charge in [0, 0.05) is 23.9 Å². The van der Waals surface area contributed by atoms with E-state index in [1.165, 1.54) is 4.90 Å². The SMILES string of the molecule is CCOC(=O)c1cccnc1-c1cccc(C(=O)N2CCC[C@H]2C(N)=O)c1. The first-order valence-electron chi connectivity index (χ1n) is 8.85. The van der Waals surface area contributed by atoms with Gasteiger partial charge in [0.1, 0.15) is 6.04 Å². The van der Waals surface area contributed by atoms with Gasteiger partial charge in [0.05, 0.1) is 17.9 Å². The molecule has 1 aromatic heterocycles. The molecule has 0 unspecified atom stereocenters. The average molecular weight is 367 g/mol. The fraction of sp³-hybridized carbons (Fsp3) is 0.300. The normalized spacial score (nSPS) is 16.2. The lowest BCUT2D eigenvalue weighted by Gasteiger charge is -2.22. The van der Waals surface area contributed by atoms with Crippen LogP contribution in [-0.4, -0.2) is 46.9 Å². The summed E-state index contributed by atoms with van der Waals surface area (Å²) in [6.45, 7) is 2.49. The van der Waals surface area contributed by atoms with Crippen LogP contribution in [0.25, 0.3) is 11.3 Å². The maximum absolute atomic E-state index is 12.9. The highest BCUT2D eigenvalue weighted by atomic mass is 16.5. The number of pyridine rings is 1. The van der Waals surface area contributed by atoms with Crippen molar-refractivity contribution in [2.75, 3.05) is 13.2 Å². The number of rotatable bonds is 5. The topological polar surface area (TPSA) is 103 Å². The lowest BCUT2D eigenvalue weighted by molar-refractivity contribution is -0.121. The molecular weight excluding hydrogens is 346 g/mol. The number of benzene rings is 1. The minimum Gasteiger partial charge on any atom is -0.462 e. The van der Waals surface area contributed by atoms with E-state index in [4.69, 9.17) is 10.5 Å². The summed E-state index contributed by atoms with van der Waals surface area (Å²) in [6, 6.07) is 9.56. The number of ether oxygens (including phenoxy) is 1. The highest BCUT2D eigenvalue weighted by Gasteiger charge is 2.33. The van der Waals surface area contributed by atoms with E-state index in [0.29, 0.717) is 35.3 Å². The molecule has 1 aliphatic heterocycles. The fourth-order valence-corrected chi connectivity index (χ4v) is 3.28. The van der Waals surface area contributed by atoms with Crippen LogP contribution in [0.2, 0.25) is 0 Å². The van der Waals surface area contributed by atoms with Gasteiger partial charge in [-0.05, 0) is 44.0 Å². The van der Waals surface area contributed by atoms with E-state index < -0.39 is 17.9 Å². The van der Waals surface area contributed by atoms with Crippen molar-refractivity contribution in [1.29, 1.82) is 0 Å². The lowest BCUT2D eigenvalue weighted by atomic mass is 10.0. The molecule has 7 nitrogen and oxygen atoms in total. The van der Waals surface area contributed by atoms with Crippen LogP contribution < -0.4 is 5.73 Å². The van der Waals surface area contributed by atoms with E-state index in [1.54, 1.807) is 49.5 Å². The van der Waals surface area contributed by atoms with Crippen LogP contribution in [0.15, 0.2) is 42.6 Å². The molecule has 1 saturated heterocycles. The molecule has 27 heavy (non-hydrogen) atoms. The smallest absolute Gasteiger partial charge is 0.340 e. The maximum Gasteiger partial charge on any atom is 0.340 e. The molecule has 0 aliphatic carbocycles. The van der Waals surface area contributed by atoms with Crippen LogP contribution in [0.5, 0.6) is 0 Å². The number of carbonyl (C=O) groups is 3. The predicted octanol–water partition coefficient (Wildman–Crippen LogP) is 2.02. The number of carbonyl (C=O) groups excluding carboxylic acids is 3. The molecule has 2 amide bonds. The Labute approximate surface area is 157 Å². The first kappa shape index (κ1) is 18.6. The van der Waals surface area contributed by atoms with Gasteiger partial charge in [-0.2, -0.15) is 0 Å². The molecule has 1 fully saturated rings. The molecule has 0 saturated carbocycles. The summed E-state index contributed by atoms with van der Waals surface area (Å²) < 4.78 is 5.08.